The normalized spacial score (nSPS) is 13.4. The number of aromatic nitrogens is 1. The third kappa shape index (κ3) is 2.36. The van der Waals surface area contributed by atoms with Gasteiger partial charge in [0.1, 0.15) is 17.3 Å². The fraction of sp³-hybridized carbons (Fsp3) is 0.133. The Kier molecular flexibility index (Phi) is 3.35. The highest BCUT2D eigenvalue weighted by atomic mass is 35.5. The Balaban J connectivity index is 2.07. The summed E-state index contributed by atoms with van der Waals surface area (Å²) in [4.78, 5) is 12.0. The molecule has 0 atom stereocenters. The van der Waals surface area contributed by atoms with E-state index in [4.69, 9.17) is 21.5 Å². The second-order valence-electron chi connectivity index (χ2n) is 4.73. The molecule has 0 saturated carbocycles. The molecule has 0 aliphatic carbocycles. The van der Waals surface area contributed by atoms with Crippen molar-refractivity contribution in [2.24, 2.45) is 0 Å². The van der Waals surface area contributed by atoms with Gasteiger partial charge < -0.3 is 0 Å². The van der Waals surface area contributed by atoms with E-state index in [9.17, 15) is 4.79 Å². The Hall–Kier alpha value is -2.40. The molecule has 0 spiro atoms. The zero-order valence-electron chi connectivity index (χ0n) is 11.3. The van der Waals surface area contributed by atoms with Crippen LogP contribution in [0.2, 0.25) is 0 Å². The Morgan fingerprint density at radius 2 is 2.14 bits per heavy atom. The van der Waals surface area contributed by atoms with E-state index in [2.05, 4.69) is 0 Å². The number of allylic oxidation sites excluding steroid dienone is 2. The van der Waals surface area contributed by atoms with Crippen LogP contribution in [-0.4, -0.2) is 20.3 Å². The van der Waals surface area contributed by atoms with Gasteiger partial charge in [0, 0.05) is 10.8 Å². The number of hydrogen-bond donors (Lipinski definition) is 1. The molecule has 0 radical (unpaired) electrons. The van der Waals surface area contributed by atoms with Crippen molar-refractivity contribution in [1.29, 1.82) is 5.41 Å². The van der Waals surface area contributed by atoms with Crippen LogP contribution >= 0.6 is 11.6 Å². The number of nitrogens with zero attached hydrogens (tertiary/aromatic N) is 2. The maximum absolute atomic E-state index is 12.0. The molecule has 1 aromatic carbocycles. The third-order valence-electron chi connectivity index (χ3n) is 3.30. The van der Waals surface area contributed by atoms with Crippen molar-refractivity contribution in [2.45, 2.75) is 13.5 Å². The molecule has 1 N–H and O–H groups in total. The molecule has 2 aromatic rings. The monoisotopic (exact) mass is 302 g/mol. The van der Waals surface area contributed by atoms with Gasteiger partial charge >= 0.3 is 17.3 Å². The summed E-state index contributed by atoms with van der Waals surface area (Å²) in [5, 5.41) is 7.15. The van der Waals surface area contributed by atoms with Gasteiger partial charge in [0.05, 0.1) is 0 Å². The number of benzene rings is 1. The van der Waals surface area contributed by atoms with Gasteiger partial charge in [0.25, 0.3) is 0 Å². The van der Waals surface area contributed by atoms with Crippen LogP contribution in [0.5, 0.6) is 0 Å². The summed E-state index contributed by atoms with van der Waals surface area (Å²) >= 11 is 5.54. The van der Waals surface area contributed by atoms with Crippen LogP contribution < -0.4 is 5.56 Å². The lowest BCUT2D eigenvalue weighted by molar-refractivity contribution is -0.465. The number of hydrogen-bond acceptors (Lipinski definition) is 3. The highest BCUT2D eigenvalue weighted by Gasteiger charge is 2.37. The number of fused-ring (bicyclic) bond motifs is 2. The average Bonchev–Trinajstić information content (AvgIpc) is 2.95. The molecule has 106 valence electrons. The van der Waals surface area contributed by atoms with Crippen LogP contribution in [-0.2, 0) is 6.54 Å². The van der Waals surface area contributed by atoms with E-state index in [1.54, 1.807) is 13.0 Å². The first-order valence-corrected chi connectivity index (χ1v) is 6.79. The molecular formula is C15H13ClN3O2+. The predicted octanol–water partition coefficient (Wildman–Crippen LogP) is 2.63. The molecule has 1 aliphatic heterocycles. The molecule has 21 heavy (non-hydrogen) atoms. The van der Waals surface area contributed by atoms with Gasteiger partial charge in [-0.3, -0.25) is 5.41 Å². The van der Waals surface area contributed by atoms with E-state index in [0.717, 1.165) is 5.56 Å². The lowest BCUT2D eigenvalue weighted by Gasteiger charge is -2.03. The summed E-state index contributed by atoms with van der Waals surface area (Å²) in [5.74, 6) is 1.10. The van der Waals surface area contributed by atoms with E-state index < -0.39 is 0 Å². The van der Waals surface area contributed by atoms with Crippen molar-refractivity contribution in [3.63, 3.8) is 0 Å². The van der Waals surface area contributed by atoms with E-state index in [-0.39, 0.29) is 10.7 Å². The average molecular weight is 303 g/mol. The van der Waals surface area contributed by atoms with Crippen molar-refractivity contribution in [2.75, 3.05) is 0 Å². The SMILES string of the molecule is Cc1c2on(c1=O)C(/C=C\C(=N)Cl)=[N+]2Cc1ccccc1. The summed E-state index contributed by atoms with van der Waals surface area (Å²) in [6.07, 6.45) is 3.03. The minimum absolute atomic E-state index is 0.107. The van der Waals surface area contributed by atoms with Crippen molar-refractivity contribution in [3.8, 4) is 0 Å². The topological polar surface area (TPSA) is 62.0 Å². The molecule has 0 amide bonds. The Morgan fingerprint density at radius 1 is 1.43 bits per heavy atom. The van der Waals surface area contributed by atoms with Gasteiger partial charge in [0.15, 0.2) is 0 Å². The molecule has 2 bridgehead atoms. The van der Waals surface area contributed by atoms with Gasteiger partial charge in [-0.1, -0.05) is 41.9 Å². The largest absolute Gasteiger partial charge is 0.385 e. The molecule has 2 heterocycles. The molecule has 0 fully saturated rings. The molecule has 0 unspecified atom stereocenters. The fourth-order valence-corrected chi connectivity index (χ4v) is 2.34. The Labute approximate surface area is 125 Å². The van der Waals surface area contributed by atoms with Crippen LogP contribution in [0.3, 0.4) is 0 Å². The van der Waals surface area contributed by atoms with Gasteiger partial charge in [0.2, 0.25) is 0 Å². The Morgan fingerprint density at radius 3 is 2.81 bits per heavy atom. The standard InChI is InChI=1S/C15H13ClN3O2/c1-10-14(20)19-13(8-7-12(16)17)18(15(10)21-19)9-11-5-3-2-4-6-11/h2-8,17H,9H2,1H3/q+1/b8-7-,17-12?. The number of nitrogens with one attached hydrogen (secondary N) is 1. The summed E-state index contributed by atoms with van der Waals surface area (Å²) in [7, 11) is 0. The summed E-state index contributed by atoms with van der Waals surface area (Å²) in [6, 6.07) is 9.88. The fourth-order valence-electron chi connectivity index (χ4n) is 2.28. The van der Waals surface area contributed by atoms with Crippen LogP contribution in [0.25, 0.3) is 0 Å². The second kappa shape index (κ2) is 5.18. The van der Waals surface area contributed by atoms with Crippen molar-refractivity contribution >= 4 is 28.5 Å². The predicted molar refractivity (Wildman–Crippen MR) is 80.9 cm³/mol. The zero-order valence-corrected chi connectivity index (χ0v) is 12.1. The lowest BCUT2D eigenvalue weighted by Crippen LogP contribution is -2.30. The van der Waals surface area contributed by atoms with E-state index in [0.29, 0.717) is 23.8 Å². The minimum Gasteiger partial charge on any atom is -0.289 e. The molecule has 3 rings (SSSR count). The highest BCUT2D eigenvalue weighted by Crippen LogP contribution is 2.24. The zero-order chi connectivity index (χ0) is 15.0. The highest BCUT2D eigenvalue weighted by molar-refractivity contribution is 6.67. The van der Waals surface area contributed by atoms with Crippen LogP contribution in [0.15, 0.2) is 51.8 Å². The van der Waals surface area contributed by atoms with Gasteiger partial charge in [-0.15, -0.1) is 0 Å². The first-order chi connectivity index (χ1) is 10.1. The number of halogens is 1. The minimum atomic E-state index is -0.185. The van der Waals surface area contributed by atoms with Gasteiger partial charge in [-0.25, -0.2) is 9.32 Å². The molecule has 6 heteroatoms. The van der Waals surface area contributed by atoms with Crippen LogP contribution in [0.1, 0.15) is 11.1 Å². The first-order valence-electron chi connectivity index (χ1n) is 6.42. The molecule has 1 aliphatic rings. The van der Waals surface area contributed by atoms with Crippen molar-refractivity contribution in [1.82, 2.24) is 4.74 Å². The third-order valence-corrected chi connectivity index (χ3v) is 3.42. The maximum Gasteiger partial charge on any atom is 0.385 e. The smallest absolute Gasteiger partial charge is 0.289 e. The second-order valence-corrected chi connectivity index (χ2v) is 5.14. The van der Waals surface area contributed by atoms with E-state index in [1.807, 2.05) is 34.9 Å². The Bertz CT molecular complexity index is 828. The van der Waals surface area contributed by atoms with Crippen LogP contribution in [0.4, 0.5) is 5.88 Å². The van der Waals surface area contributed by atoms with E-state index >= 15 is 0 Å². The molecule has 0 saturated heterocycles. The first kappa shape index (κ1) is 13.6. The van der Waals surface area contributed by atoms with Crippen LogP contribution in [0, 0.1) is 12.3 Å². The quantitative estimate of drug-likeness (QED) is 0.697. The molecular weight excluding hydrogens is 290 g/mol. The van der Waals surface area contributed by atoms with Gasteiger partial charge in [-0.05, 0) is 18.6 Å². The molecule has 1 aromatic heterocycles. The number of rotatable bonds is 4. The summed E-state index contributed by atoms with van der Waals surface area (Å²) < 4.78 is 8.63. The summed E-state index contributed by atoms with van der Waals surface area (Å²) in [5.41, 5.74) is 1.48. The van der Waals surface area contributed by atoms with Gasteiger partial charge in [-0.2, -0.15) is 4.58 Å². The lowest BCUT2D eigenvalue weighted by atomic mass is 10.2. The van der Waals surface area contributed by atoms with Crippen molar-refractivity contribution in [3.05, 3.63) is 64.0 Å². The summed E-state index contributed by atoms with van der Waals surface area (Å²) in [6.45, 7) is 2.31. The van der Waals surface area contributed by atoms with Crippen molar-refractivity contribution < 1.29 is 9.10 Å². The van der Waals surface area contributed by atoms with E-state index in [1.165, 1.54) is 10.8 Å². The molecule has 5 nitrogen and oxygen atoms in total. The maximum atomic E-state index is 12.0.